The van der Waals surface area contributed by atoms with E-state index >= 15 is 0 Å². The summed E-state index contributed by atoms with van der Waals surface area (Å²) in [4.78, 5) is 0. The minimum Gasteiger partial charge on any atom is -0.380 e. The lowest BCUT2D eigenvalue weighted by Gasteiger charge is -2.31. The van der Waals surface area contributed by atoms with Crippen LogP contribution in [0, 0.1) is 0 Å². The quantitative estimate of drug-likeness (QED) is 0.761. The molecule has 0 aromatic carbocycles. The molecule has 1 aliphatic heterocycles. The number of hydrogen-bond acceptors (Lipinski definition) is 5. The second-order valence-corrected chi connectivity index (χ2v) is 7.67. The molecule has 0 amide bonds. The molecule has 1 fully saturated rings. The molecule has 1 rings (SSSR count). The molecule has 0 aromatic rings. The molecule has 0 aliphatic carbocycles. The van der Waals surface area contributed by atoms with Gasteiger partial charge < -0.3 is 10.1 Å². The van der Waals surface area contributed by atoms with E-state index in [1.807, 2.05) is 0 Å². The van der Waals surface area contributed by atoms with E-state index in [9.17, 15) is 8.42 Å². The van der Waals surface area contributed by atoms with E-state index in [2.05, 4.69) is 12.2 Å². The van der Waals surface area contributed by atoms with Crippen LogP contribution in [0.1, 0.15) is 13.3 Å². The van der Waals surface area contributed by atoms with Gasteiger partial charge in [-0.3, -0.25) is 0 Å². The van der Waals surface area contributed by atoms with Crippen molar-refractivity contribution >= 4 is 21.6 Å². The van der Waals surface area contributed by atoms with Gasteiger partial charge in [0.2, 0.25) is 0 Å². The minimum absolute atomic E-state index is 0.257. The second kappa shape index (κ2) is 6.83. The van der Waals surface area contributed by atoms with Gasteiger partial charge in [0.25, 0.3) is 0 Å². The average molecular weight is 267 g/mol. The summed E-state index contributed by atoms with van der Waals surface area (Å²) in [6, 6.07) is 0.461. The van der Waals surface area contributed by atoms with Gasteiger partial charge in [0.15, 0.2) is 0 Å². The molecule has 0 spiro atoms. The molecular formula is C10H21NO3S2. The van der Waals surface area contributed by atoms with Crippen LogP contribution in [-0.4, -0.2) is 57.2 Å². The molecule has 96 valence electrons. The van der Waals surface area contributed by atoms with Gasteiger partial charge >= 0.3 is 0 Å². The third-order valence-electron chi connectivity index (χ3n) is 2.56. The molecule has 0 radical (unpaired) electrons. The highest BCUT2D eigenvalue weighted by Crippen LogP contribution is 2.21. The third-order valence-corrected chi connectivity index (χ3v) is 5.09. The summed E-state index contributed by atoms with van der Waals surface area (Å²) in [5.74, 6) is 0.918. The smallest absolute Gasteiger partial charge is 0.148 e. The van der Waals surface area contributed by atoms with Crippen LogP contribution in [-0.2, 0) is 14.6 Å². The van der Waals surface area contributed by atoms with Crippen molar-refractivity contribution in [2.24, 2.45) is 0 Å². The Morgan fingerprint density at radius 3 is 2.88 bits per heavy atom. The van der Waals surface area contributed by atoms with Crippen molar-refractivity contribution < 1.29 is 13.2 Å². The largest absolute Gasteiger partial charge is 0.380 e. The Morgan fingerprint density at radius 1 is 1.50 bits per heavy atom. The van der Waals surface area contributed by atoms with Crippen LogP contribution in [0.5, 0.6) is 0 Å². The lowest BCUT2D eigenvalue weighted by molar-refractivity contribution is 0.0837. The summed E-state index contributed by atoms with van der Waals surface area (Å²) in [6.45, 7) is 4.58. The summed E-state index contributed by atoms with van der Waals surface area (Å²) in [5, 5.41) is 3.82. The third kappa shape index (κ3) is 5.52. The van der Waals surface area contributed by atoms with Crippen LogP contribution in [0.15, 0.2) is 0 Å². The lowest BCUT2D eigenvalue weighted by Crippen LogP contribution is -2.45. The molecular weight excluding hydrogens is 246 g/mol. The van der Waals surface area contributed by atoms with E-state index in [1.165, 1.54) is 6.26 Å². The number of ether oxygens (including phenoxy) is 1. The van der Waals surface area contributed by atoms with Crippen LogP contribution in [0.2, 0.25) is 0 Å². The fourth-order valence-corrected chi connectivity index (χ4v) is 4.28. The Kier molecular flexibility index (Phi) is 6.10. The van der Waals surface area contributed by atoms with Crippen molar-refractivity contribution in [1.82, 2.24) is 5.32 Å². The van der Waals surface area contributed by atoms with Crippen LogP contribution in [0.25, 0.3) is 0 Å². The van der Waals surface area contributed by atoms with E-state index < -0.39 is 9.84 Å². The predicted molar refractivity (Wildman–Crippen MR) is 68.9 cm³/mol. The Hall–Kier alpha value is 0.220. The molecule has 0 aromatic heterocycles. The molecule has 2 unspecified atom stereocenters. The first-order valence-corrected chi connectivity index (χ1v) is 8.74. The Morgan fingerprint density at radius 2 is 2.25 bits per heavy atom. The fraction of sp³-hybridized carbons (Fsp3) is 1.00. The molecule has 4 nitrogen and oxygen atoms in total. The fourth-order valence-electron chi connectivity index (χ4n) is 1.72. The summed E-state index contributed by atoms with van der Waals surface area (Å²) < 4.78 is 27.5. The molecule has 16 heavy (non-hydrogen) atoms. The maximum absolute atomic E-state index is 11.0. The zero-order valence-corrected chi connectivity index (χ0v) is 11.6. The summed E-state index contributed by atoms with van der Waals surface area (Å²) in [5.41, 5.74) is 0. The van der Waals surface area contributed by atoms with Crippen LogP contribution in [0.3, 0.4) is 0 Å². The van der Waals surface area contributed by atoms with Gasteiger partial charge in [0, 0.05) is 29.9 Å². The number of sulfone groups is 1. The molecule has 0 saturated carbocycles. The zero-order valence-electron chi connectivity index (χ0n) is 9.94. The first kappa shape index (κ1) is 14.3. The van der Waals surface area contributed by atoms with Crippen LogP contribution < -0.4 is 5.32 Å². The van der Waals surface area contributed by atoms with E-state index in [-0.39, 0.29) is 5.75 Å². The van der Waals surface area contributed by atoms with E-state index in [0.29, 0.717) is 17.0 Å². The van der Waals surface area contributed by atoms with Gasteiger partial charge in [0.05, 0.1) is 12.4 Å². The maximum atomic E-state index is 11.0. The first-order chi connectivity index (χ1) is 7.53. The molecule has 1 aliphatic rings. The minimum atomic E-state index is -2.84. The number of rotatable bonds is 6. The number of thioether (sulfide) groups is 1. The van der Waals surface area contributed by atoms with Crippen molar-refractivity contribution in [3.05, 3.63) is 0 Å². The number of nitrogens with one attached hydrogen (secondary N) is 1. The summed E-state index contributed by atoms with van der Waals surface area (Å²) in [7, 11) is -2.84. The highest BCUT2D eigenvalue weighted by atomic mass is 32.2. The average Bonchev–Trinajstić information content (AvgIpc) is 2.19. The molecule has 2 atom stereocenters. The summed E-state index contributed by atoms with van der Waals surface area (Å²) >= 11 is 1.71. The van der Waals surface area contributed by atoms with Gasteiger partial charge in [-0.15, -0.1) is 0 Å². The number of hydrogen-bond donors (Lipinski definition) is 1. The Bertz CT molecular complexity index is 290. The van der Waals surface area contributed by atoms with Crippen molar-refractivity contribution in [2.75, 3.05) is 37.5 Å². The molecule has 1 saturated heterocycles. The van der Waals surface area contributed by atoms with Gasteiger partial charge in [-0.05, 0) is 13.0 Å². The zero-order chi connectivity index (χ0) is 12.0. The van der Waals surface area contributed by atoms with Crippen molar-refractivity contribution in [2.45, 2.75) is 24.6 Å². The van der Waals surface area contributed by atoms with E-state index in [4.69, 9.17) is 4.74 Å². The molecule has 0 bridgehead atoms. The standard InChI is InChI=1S/C10H21NO3S2/c1-3-11-9-4-5-14-8-10(9)15-6-7-16(2,12)13/h9-11H,3-8H2,1-2H3. The van der Waals surface area contributed by atoms with Crippen molar-refractivity contribution in [3.63, 3.8) is 0 Å². The van der Waals surface area contributed by atoms with Gasteiger partial charge in [-0.1, -0.05) is 6.92 Å². The van der Waals surface area contributed by atoms with Crippen molar-refractivity contribution in [3.8, 4) is 0 Å². The lowest BCUT2D eigenvalue weighted by atomic mass is 10.1. The summed E-state index contributed by atoms with van der Waals surface area (Å²) in [6.07, 6.45) is 2.30. The van der Waals surface area contributed by atoms with Crippen LogP contribution in [0.4, 0.5) is 0 Å². The van der Waals surface area contributed by atoms with Gasteiger partial charge in [0.1, 0.15) is 9.84 Å². The monoisotopic (exact) mass is 267 g/mol. The van der Waals surface area contributed by atoms with Crippen LogP contribution >= 0.6 is 11.8 Å². The molecule has 1 N–H and O–H groups in total. The molecule has 6 heteroatoms. The highest BCUT2D eigenvalue weighted by molar-refractivity contribution is 8.01. The molecule has 1 heterocycles. The van der Waals surface area contributed by atoms with Crippen molar-refractivity contribution in [1.29, 1.82) is 0 Å². The van der Waals surface area contributed by atoms with E-state index in [1.54, 1.807) is 11.8 Å². The van der Waals surface area contributed by atoms with Gasteiger partial charge in [-0.25, -0.2) is 8.42 Å². The van der Waals surface area contributed by atoms with E-state index in [0.717, 1.165) is 26.2 Å². The highest BCUT2D eigenvalue weighted by Gasteiger charge is 2.25. The topological polar surface area (TPSA) is 55.4 Å². The second-order valence-electron chi connectivity index (χ2n) is 4.07. The Labute approximate surface area is 102 Å². The SMILES string of the molecule is CCNC1CCOCC1SCCS(C)(=O)=O. The normalized spacial score (nSPS) is 26.9. The first-order valence-electron chi connectivity index (χ1n) is 5.63. The maximum Gasteiger partial charge on any atom is 0.148 e. The Balaban J connectivity index is 2.32. The van der Waals surface area contributed by atoms with Gasteiger partial charge in [-0.2, -0.15) is 11.8 Å². The predicted octanol–water partition coefficient (Wildman–Crippen LogP) is 0.531.